The fourth-order valence-electron chi connectivity index (χ4n) is 9.96. The molecule has 3 heterocycles. The first-order valence-electron chi connectivity index (χ1n) is 25.0. The molecule has 0 radical (unpaired) electrons. The number of nitrogens with zero attached hydrogens (tertiary/aromatic N) is 4. The number of anilines is 4. The van der Waals surface area contributed by atoms with E-state index in [1.165, 1.54) is 33.0 Å². The summed E-state index contributed by atoms with van der Waals surface area (Å²) >= 11 is 0. The Morgan fingerprint density at radius 1 is 0.594 bits per heavy atom. The van der Waals surface area contributed by atoms with Crippen LogP contribution in [-0.4, -0.2) is 32.4 Å². The molecule has 0 spiro atoms. The van der Waals surface area contributed by atoms with E-state index in [0.717, 1.165) is 33.2 Å². The van der Waals surface area contributed by atoms with Gasteiger partial charge in [-0.15, -0.1) is 0 Å². The summed E-state index contributed by atoms with van der Waals surface area (Å²) in [6.45, 7) is 19.9. The maximum atomic E-state index is 9.54. The average molecular weight is 879 g/mol. The van der Waals surface area contributed by atoms with Gasteiger partial charge in [-0.1, -0.05) is 151 Å². The number of hydrogen-bond acceptors (Lipinski definition) is 4. The highest BCUT2D eigenvalue weighted by Gasteiger charge is 2.38. The molecule has 8 aromatic rings. The van der Waals surface area contributed by atoms with Crippen molar-refractivity contribution in [2.75, 3.05) is 16.5 Å². The van der Waals surface area contributed by atoms with Gasteiger partial charge in [0.1, 0.15) is 24.0 Å². The zero-order valence-corrected chi connectivity index (χ0v) is 40.5. The Kier molecular flexibility index (Phi) is 9.53. The zero-order valence-electron chi connectivity index (χ0n) is 42.5. The molecule has 6 aromatic carbocycles. The molecule has 2 aliphatic rings. The van der Waals surface area contributed by atoms with Crippen LogP contribution < -0.4 is 24.9 Å². The number of pyridine rings is 1. The summed E-state index contributed by atoms with van der Waals surface area (Å²) in [4.78, 5) is 9.98. The summed E-state index contributed by atoms with van der Waals surface area (Å²) in [5.41, 5.74) is 7.52. The van der Waals surface area contributed by atoms with Crippen molar-refractivity contribution in [1.82, 2.24) is 9.55 Å². The molecule has 0 amide bonds. The fraction of sp³-hybridized carbons (Fsp3) is 0.281. The van der Waals surface area contributed by atoms with E-state index < -0.39 is 34.3 Å². The van der Waals surface area contributed by atoms with Gasteiger partial charge in [0, 0.05) is 51.4 Å². The first-order chi connectivity index (χ1) is 32.3. The summed E-state index contributed by atoms with van der Waals surface area (Å²) in [5, 5.41) is 5.07. The summed E-state index contributed by atoms with van der Waals surface area (Å²) in [7, 11) is -3.49. The molecule has 0 bridgehead atoms. The fourth-order valence-corrected chi connectivity index (χ4v) is 13.2. The van der Waals surface area contributed by atoms with Crippen LogP contribution in [-0.2, 0) is 5.41 Å². The van der Waals surface area contributed by atoms with Gasteiger partial charge in [0.15, 0.2) is 0 Å². The second kappa shape index (κ2) is 16.3. The number of fused-ring (bicyclic) bond motifs is 4. The third-order valence-corrected chi connectivity index (χ3v) is 17.2. The lowest BCUT2D eigenvalue weighted by Crippen LogP contribution is -2.50. The van der Waals surface area contributed by atoms with Crippen LogP contribution in [0.1, 0.15) is 73.9 Å². The highest BCUT2D eigenvalue weighted by molar-refractivity contribution is 6.93. The van der Waals surface area contributed by atoms with Gasteiger partial charge in [0.2, 0.25) is 0 Å². The number of rotatable bonds is 10. The van der Waals surface area contributed by atoms with Crippen LogP contribution in [0.3, 0.4) is 0 Å². The van der Waals surface area contributed by atoms with Crippen molar-refractivity contribution in [3.05, 3.63) is 168 Å². The monoisotopic (exact) mass is 878 g/mol. The van der Waals surface area contributed by atoms with Crippen molar-refractivity contribution < 1.29 is 10.2 Å². The topological polar surface area (TPSA) is 33.5 Å². The van der Waals surface area contributed by atoms with Crippen LogP contribution in [0.4, 0.5) is 22.7 Å². The van der Waals surface area contributed by atoms with Gasteiger partial charge in [-0.2, -0.15) is 0 Å². The van der Waals surface area contributed by atoms with Gasteiger partial charge < -0.3 is 14.5 Å². The number of benzene rings is 6. The number of ether oxygens (including phenoxy) is 1. The molecule has 5 nitrogen and oxygen atoms in total. The Balaban J connectivity index is 1.08. The minimum absolute atomic E-state index is 0.251. The number of hydrogen-bond donors (Lipinski definition) is 0. The molecule has 1 aliphatic carbocycles. The van der Waals surface area contributed by atoms with Gasteiger partial charge in [-0.05, 0) is 100 Å². The van der Waals surface area contributed by atoms with Crippen molar-refractivity contribution in [2.24, 2.45) is 0 Å². The van der Waals surface area contributed by atoms with Crippen molar-refractivity contribution in [3.8, 4) is 17.3 Å². The molecular formula is C57H62N4OSi2. The van der Waals surface area contributed by atoms with E-state index in [4.69, 9.17) is 9.72 Å². The lowest BCUT2D eigenvalue weighted by atomic mass is 9.65. The van der Waals surface area contributed by atoms with Crippen molar-refractivity contribution in [1.29, 1.82) is 0 Å². The zero-order chi connectivity index (χ0) is 48.0. The third-order valence-electron chi connectivity index (χ3n) is 13.2. The third kappa shape index (κ3) is 7.46. The maximum absolute atomic E-state index is 9.54. The Bertz CT molecular complexity index is 3160. The number of para-hydroxylation sites is 4. The van der Waals surface area contributed by atoms with E-state index in [-0.39, 0.29) is 18.8 Å². The van der Waals surface area contributed by atoms with Crippen LogP contribution in [0.5, 0.6) is 11.5 Å². The van der Waals surface area contributed by atoms with Gasteiger partial charge in [0.25, 0.3) is 0 Å². The SMILES string of the molecule is [2H]C1([2H])CCCC([2H])([2H])C1(c1ccccc1)c1ccnc(-n2c3ccccc3c3ccc(Oc4cc(C(C)C)cc(N5CN(c6c([Si](C)(C)C)cccc6[Si](C)(C)C)c6ccccc65)c4)cc32)c1. The molecule has 1 saturated carbocycles. The molecule has 1 aliphatic heterocycles. The Morgan fingerprint density at radius 3 is 1.95 bits per heavy atom. The quantitative estimate of drug-likeness (QED) is 0.128. The molecule has 10 rings (SSSR count). The molecule has 64 heavy (non-hydrogen) atoms. The molecule has 2 aromatic heterocycles. The predicted molar refractivity (Wildman–Crippen MR) is 277 cm³/mol. The lowest BCUT2D eigenvalue weighted by Gasteiger charge is -2.38. The van der Waals surface area contributed by atoms with Gasteiger partial charge in [-0.25, -0.2) is 4.98 Å². The van der Waals surface area contributed by atoms with Crippen LogP contribution in [0.15, 0.2) is 152 Å². The van der Waals surface area contributed by atoms with E-state index in [9.17, 15) is 5.48 Å². The van der Waals surface area contributed by atoms with Crippen LogP contribution in [0, 0.1) is 0 Å². The van der Waals surface area contributed by atoms with Gasteiger partial charge >= 0.3 is 0 Å². The van der Waals surface area contributed by atoms with Crippen molar-refractivity contribution in [2.45, 2.75) is 96.5 Å². The van der Waals surface area contributed by atoms with Crippen molar-refractivity contribution >= 4 is 71.1 Å². The second-order valence-electron chi connectivity index (χ2n) is 20.0. The Labute approximate surface area is 388 Å². The van der Waals surface area contributed by atoms with E-state index >= 15 is 0 Å². The van der Waals surface area contributed by atoms with E-state index in [2.05, 4.69) is 152 Å². The van der Waals surface area contributed by atoms with Gasteiger partial charge in [0.05, 0.1) is 38.6 Å². The summed E-state index contributed by atoms with van der Waals surface area (Å²) in [6.07, 6.45) is -1.05. The molecular weight excluding hydrogens is 813 g/mol. The number of aromatic nitrogens is 2. The first-order valence-corrected chi connectivity index (χ1v) is 30.0. The molecule has 0 N–H and O–H groups in total. The predicted octanol–water partition coefficient (Wildman–Crippen LogP) is 14.7. The minimum Gasteiger partial charge on any atom is -0.457 e. The Morgan fingerprint density at radius 2 is 1.25 bits per heavy atom. The highest BCUT2D eigenvalue weighted by atomic mass is 28.3. The molecule has 0 unspecified atom stereocenters. The van der Waals surface area contributed by atoms with Crippen LogP contribution in [0.2, 0.25) is 39.3 Å². The molecule has 7 heteroatoms. The van der Waals surface area contributed by atoms with Crippen molar-refractivity contribution in [3.63, 3.8) is 0 Å². The van der Waals surface area contributed by atoms with E-state index in [1.807, 2.05) is 60.7 Å². The molecule has 0 saturated heterocycles. The Hall–Kier alpha value is -5.90. The summed E-state index contributed by atoms with van der Waals surface area (Å²) in [5.74, 6) is 2.27. The normalized spacial score (nSPS) is 17.8. The molecule has 0 atom stereocenters. The smallest absolute Gasteiger partial charge is 0.137 e. The van der Waals surface area contributed by atoms with E-state index in [0.29, 0.717) is 35.8 Å². The highest BCUT2D eigenvalue weighted by Crippen LogP contribution is 2.48. The molecule has 1 fully saturated rings. The standard InChI is InChI=1S/C57H62N4OSi2/c1-40(2)41-34-44(59-39-60(51-25-16-15-24-50(51)59)56-53(63(3,4)5)26-19-27-54(56)64(6,7)8)37-46(35-41)62-45-28-29-48-47-22-13-14-23-49(47)61(52(48)38-45)55-36-43(30-33-58-55)57(31-17-10-18-32-57)42-20-11-9-12-21-42/h9,11-16,19-30,33-38,40H,10,17-18,31-32,39H2,1-8H3/i31D2,32D2. The lowest BCUT2D eigenvalue weighted by molar-refractivity contribution is 0.345. The van der Waals surface area contributed by atoms with Crippen LogP contribution >= 0.6 is 0 Å². The summed E-state index contributed by atoms with van der Waals surface area (Å²) in [6, 6.07) is 50.2. The first kappa shape index (κ1) is 37.5. The molecule has 324 valence electrons. The average Bonchev–Trinajstić information content (AvgIpc) is 3.84. The van der Waals surface area contributed by atoms with Crippen LogP contribution in [0.25, 0.3) is 27.6 Å². The minimum atomic E-state index is -1.87. The van der Waals surface area contributed by atoms with E-state index in [1.54, 1.807) is 6.20 Å². The summed E-state index contributed by atoms with van der Waals surface area (Å²) < 4.78 is 47.3. The maximum Gasteiger partial charge on any atom is 0.137 e. The largest absolute Gasteiger partial charge is 0.457 e. The van der Waals surface area contributed by atoms with Gasteiger partial charge in [-0.3, -0.25) is 4.57 Å². The second-order valence-corrected chi connectivity index (χ2v) is 30.0.